The standard InChI is InChI=1S/C22H20FN7O/c1-3-28(11-14-12-29-7-5-4-6-20(29)26-14)22(31)15-8-18-17(9-16(15)23)27-21(24)19-10-25-13(2)30(18)19/h4-10,12H,3,11H2,1-2H3,(H2,24,27). The third kappa shape index (κ3) is 3.05. The molecule has 0 aliphatic carbocycles. The van der Waals surface area contributed by atoms with E-state index in [1.54, 1.807) is 15.5 Å². The number of benzene rings is 1. The Morgan fingerprint density at radius 1 is 1.23 bits per heavy atom. The van der Waals surface area contributed by atoms with Crippen LogP contribution in [0.1, 0.15) is 28.8 Å². The average molecular weight is 417 g/mol. The number of nitrogen functional groups attached to an aromatic ring is 1. The lowest BCUT2D eigenvalue weighted by Gasteiger charge is -2.20. The zero-order valence-electron chi connectivity index (χ0n) is 17.1. The van der Waals surface area contributed by atoms with E-state index >= 15 is 0 Å². The van der Waals surface area contributed by atoms with Gasteiger partial charge >= 0.3 is 0 Å². The summed E-state index contributed by atoms with van der Waals surface area (Å²) in [6, 6.07) is 8.47. The molecule has 5 aromatic rings. The molecule has 0 aliphatic rings. The molecule has 0 saturated heterocycles. The summed E-state index contributed by atoms with van der Waals surface area (Å²) in [7, 11) is 0. The van der Waals surface area contributed by atoms with Crippen LogP contribution in [0.2, 0.25) is 0 Å². The number of carbonyl (C=O) groups excluding carboxylic acids is 1. The minimum atomic E-state index is -0.644. The van der Waals surface area contributed by atoms with Crippen LogP contribution in [0.4, 0.5) is 10.2 Å². The normalized spacial score (nSPS) is 11.6. The number of nitrogens with two attached hydrogens (primary N) is 1. The molecule has 8 nitrogen and oxygen atoms in total. The van der Waals surface area contributed by atoms with Gasteiger partial charge < -0.3 is 15.0 Å². The Morgan fingerprint density at radius 2 is 2.06 bits per heavy atom. The first-order valence-electron chi connectivity index (χ1n) is 9.91. The van der Waals surface area contributed by atoms with Crippen molar-refractivity contribution in [1.82, 2.24) is 28.7 Å². The molecule has 0 radical (unpaired) electrons. The molecule has 9 heteroatoms. The van der Waals surface area contributed by atoms with Crippen molar-refractivity contribution in [2.24, 2.45) is 0 Å². The lowest BCUT2D eigenvalue weighted by Crippen LogP contribution is -2.31. The van der Waals surface area contributed by atoms with Crippen molar-refractivity contribution in [3.05, 3.63) is 71.8 Å². The third-order valence-corrected chi connectivity index (χ3v) is 5.41. The molecule has 1 aromatic carbocycles. The maximum absolute atomic E-state index is 15.0. The van der Waals surface area contributed by atoms with Gasteiger partial charge in [0.15, 0.2) is 0 Å². The Labute approximate surface area is 176 Å². The molecular formula is C22H20FN7O. The number of carbonyl (C=O) groups is 1. The van der Waals surface area contributed by atoms with Crippen molar-refractivity contribution >= 4 is 33.9 Å². The highest BCUT2D eigenvalue weighted by molar-refractivity contribution is 5.98. The van der Waals surface area contributed by atoms with Crippen molar-refractivity contribution in [2.45, 2.75) is 20.4 Å². The van der Waals surface area contributed by atoms with Crippen LogP contribution in [-0.4, -0.2) is 41.1 Å². The summed E-state index contributed by atoms with van der Waals surface area (Å²) in [5.74, 6) is -0.124. The number of imidazole rings is 2. The van der Waals surface area contributed by atoms with Gasteiger partial charge in [-0.2, -0.15) is 0 Å². The van der Waals surface area contributed by atoms with Gasteiger partial charge in [-0.1, -0.05) is 6.07 Å². The summed E-state index contributed by atoms with van der Waals surface area (Å²) in [5, 5.41) is 0. The predicted octanol–water partition coefficient (Wildman–Crippen LogP) is 3.22. The Hall–Kier alpha value is -4.01. The monoisotopic (exact) mass is 417 g/mol. The van der Waals surface area contributed by atoms with E-state index in [9.17, 15) is 9.18 Å². The first-order chi connectivity index (χ1) is 15.0. The number of rotatable bonds is 4. The first-order valence-corrected chi connectivity index (χ1v) is 9.91. The van der Waals surface area contributed by atoms with E-state index in [0.717, 1.165) is 11.3 Å². The zero-order chi connectivity index (χ0) is 21.7. The van der Waals surface area contributed by atoms with Gasteiger partial charge in [0, 0.05) is 25.0 Å². The number of aromatic nitrogens is 5. The van der Waals surface area contributed by atoms with Crippen molar-refractivity contribution in [3.63, 3.8) is 0 Å². The average Bonchev–Trinajstić information content (AvgIpc) is 3.35. The van der Waals surface area contributed by atoms with Gasteiger partial charge in [-0.3, -0.25) is 9.20 Å². The molecule has 0 bridgehead atoms. The van der Waals surface area contributed by atoms with E-state index in [2.05, 4.69) is 15.0 Å². The van der Waals surface area contributed by atoms with Crippen LogP contribution in [-0.2, 0) is 6.54 Å². The lowest BCUT2D eigenvalue weighted by molar-refractivity contribution is 0.0746. The molecule has 2 N–H and O–H groups in total. The molecule has 0 spiro atoms. The number of fused-ring (bicyclic) bond motifs is 4. The summed E-state index contributed by atoms with van der Waals surface area (Å²) in [4.78, 5) is 27.9. The molecule has 156 valence electrons. The van der Waals surface area contributed by atoms with Gasteiger partial charge in [-0.15, -0.1) is 0 Å². The number of pyridine rings is 1. The van der Waals surface area contributed by atoms with E-state index in [1.807, 2.05) is 48.8 Å². The fourth-order valence-electron chi connectivity index (χ4n) is 3.86. The molecule has 0 aliphatic heterocycles. The summed E-state index contributed by atoms with van der Waals surface area (Å²) in [6.45, 7) is 4.35. The van der Waals surface area contributed by atoms with Gasteiger partial charge in [0.2, 0.25) is 0 Å². The highest BCUT2D eigenvalue weighted by atomic mass is 19.1. The maximum atomic E-state index is 15.0. The molecule has 0 atom stereocenters. The molecule has 4 heterocycles. The molecule has 0 saturated carbocycles. The number of hydrogen-bond acceptors (Lipinski definition) is 5. The van der Waals surface area contributed by atoms with Gasteiger partial charge in [-0.25, -0.2) is 19.3 Å². The quantitative estimate of drug-likeness (QED) is 0.485. The SMILES string of the molecule is CCN(Cc1cn2ccccc2n1)C(=O)c1cc2c(cc1F)nc(N)c1cnc(C)n12. The maximum Gasteiger partial charge on any atom is 0.257 e. The summed E-state index contributed by atoms with van der Waals surface area (Å²) in [5.41, 5.74) is 9.04. The second kappa shape index (κ2) is 7.05. The molecule has 0 unspecified atom stereocenters. The van der Waals surface area contributed by atoms with Crippen LogP contribution in [0.3, 0.4) is 0 Å². The van der Waals surface area contributed by atoms with Gasteiger partial charge in [0.05, 0.1) is 35.0 Å². The molecule has 0 fully saturated rings. The second-order valence-electron chi connectivity index (χ2n) is 7.36. The summed E-state index contributed by atoms with van der Waals surface area (Å²) in [6.07, 6.45) is 5.38. The minimum Gasteiger partial charge on any atom is -0.382 e. The van der Waals surface area contributed by atoms with Crippen LogP contribution in [0.15, 0.2) is 48.9 Å². The fraction of sp³-hybridized carbons (Fsp3) is 0.182. The minimum absolute atomic E-state index is 0.0286. The topological polar surface area (TPSA) is 93.8 Å². The van der Waals surface area contributed by atoms with Gasteiger partial charge in [0.25, 0.3) is 5.91 Å². The third-order valence-electron chi connectivity index (χ3n) is 5.41. The van der Waals surface area contributed by atoms with Gasteiger partial charge in [0.1, 0.15) is 28.6 Å². The van der Waals surface area contributed by atoms with E-state index < -0.39 is 11.7 Å². The highest BCUT2D eigenvalue weighted by Crippen LogP contribution is 2.25. The number of amides is 1. The van der Waals surface area contributed by atoms with E-state index in [-0.39, 0.29) is 17.9 Å². The van der Waals surface area contributed by atoms with Crippen molar-refractivity contribution in [2.75, 3.05) is 12.3 Å². The van der Waals surface area contributed by atoms with Crippen LogP contribution in [0.5, 0.6) is 0 Å². The predicted molar refractivity (Wildman–Crippen MR) is 115 cm³/mol. The molecule has 1 amide bonds. The van der Waals surface area contributed by atoms with Crippen LogP contribution >= 0.6 is 0 Å². The Morgan fingerprint density at radius 3 is 2.84 bits per heavy atom. The zero-order valence-corrected chi connectivity index (χ0v) is 17.1. The Balaban J connectivity index is 1.57. The molecule has 5 rings (SSSR count). The highest BCUT2D eigenvalue weighted by Gasteiger charge is 2.22. The number of aryl methyl sites for hydroxylation is 1. The second-order valence-corrected chi connectivity index (χ2v) is 7.36. The van der Waals surface area contributed by atoms with Crippen molar-refractivity contribution in [3.8, 4) is 0 Å². The molecular weight excluding hydrogens is 397 g/mol. The number of hydrogen-bond donors (Lipinski definition) is 1. The summed E-state index contributed by atoms with van der Waals surface area (Å²) < 4.78 is 18.6. The van der Waals surface area contributed by atoms with Crippen LogP contribution in [0, 0.1) is 12.7 Å². The van der Waals surface area contributed by atoms with Crippen LogP contribution < -0.4 is 5.73 Å². The van der Waals surface area contributed by atoms with E-state index in [1.165, 1.54) is 12.1 Å². The van der Waals surface area contributed by atoms with Crippen LogP contribution in [0.25, 0.3) is 22.2 Å². The smallest absolute Gasteiger partial charge is 0.257 e. The van der Waals surface area contributed by atoms with Crippen molar-refractivity contribution < 1.29 is 9.18 Å². The van der Waals surface area contributed by atoms with Gasteiger partial charge in [-0.05, 0) is 32.0 Å². The number of halogens is 1. The Kier molecular flexibility index (Phi) is 4.32. The molecule has 4 aromatic heterocycles. The van der Waals surface area contributed by atoms with Crippen molar-refractivity contribution in [1.29, 1.82) is 0 Å². The van der Waals surface area contributed by atoms with E-state index in [0.29, 0.717) is 28.9 Å². The first kappa shape index (κ1) is 19.0. The largest absolute Gasteiger partial charge is 0.382 e. The number of anilines is 1. The molecule has 31 heavy (non-hydrogen) atoms. The fourth-order valence-corrected chi connectivity index (χ4v) is 3.86. The Bertz CT molecular complexity index is 1440. The lowest BCUT2D eigenvalue weighted by atomic mass is 10.1. The summed E-state index contributed by atoms with van der Waals surface area (Å²) >= 11 is 0. The van der Waals surface area contributed by atoms with E-state index in [4.69, 9.17) is 5.73 Å². The number of nitrogens with zero attached hydrogens (tertiary/aromatic N) is 6.